The van der Waals surface area contributed by atoms with Crippen molar-refractivity contribution in [1.29, 1.82) is 0 Å². The second-order valence-corrected chi connectivity index (χ2v) is 15.4. The fourth-order valence-electron chi connectivity index (χ4n) is 7.01. The summed E-state index contributed by atoms with van der Waals surface area (Å²) in [6.45, 7) is 13.7. The SMILES string of the molecule is Cn1c(-c2cc(C(C)(C)C)cc3c2[nH]c2ccc(C(C)(C)C)cc23)nc2c(-c3cccc(-c4cc(-c5ccccc5)ccn4)c3)cccc21. The van der Waals surface area contributed by atoms with E-state index in [2.05, 4.69) is 167 Å². The van der Waals surface area contributed by atoms with Crippen LogP contribution in [0.15, 0.2) is 121 Å². The fourth-order valence-corrected chi connectivity index (χ4v) is 7.01. The van der Waals surface area contributed by atoms with E-state index in [0.717, 1.165) is 61.4 Å². The molecule has 0 aliphatic heterocycles. The molecule has 0 radical (unpaired) electrons. The summed E-state index contributed by atoms with van der Waals surface area (Å²) in [6.07, 6.45) is 1.90. The van der Waals surface area contributed by atoms with Crippen LogP contribution in [-0.2, 0) is 17.9 Å². The van der Waals surface area contributed by atoms with Crippen molar-refractivity contribution in [3.63, 3.8) is 0 Å². The van der Waals surface area contributed by atoms with Gasteiger partial charge in [0.05, 0.1) is 22.2 Å². The Morgan fingerprint density at radius 2 is 1.29 bits per heavy atom. The minimum Gasteiger partial charge on any atom is -0.354 e. The molecule has 1 N–H and O–H groups in total. The number of fused-ring (bicyclic) bond motifs is 4. The number of aromatic nitrogens is 4. The summed E-state index contributed by atoms with van der Waals surface area (Å²) in [5, 5.41) is 2.50. The number of H-pyrrole nitrogens is 1. The van der Waals surface area contributed by atoms with E-state index >= 15 is 0 Å². The van der Waals surface area contributed by atoms with Crippen LogP contribution in [0.2, 0.25) is 0 Å². The quantitative estimate of drug-likeness (QED) is 0.208. The van der Waals surface area contributed by atoms with E-state index < -0.39 is 0 Å². The molecule has 0 aliphatic rings. The monoisotopic (exact) mass is 638 g/mol. The normalized spacial score (nSPS) is 12.4. The molecule has 0 amide bonds. The van der Waals surface area contributed by atoms with Crippen LogP contribution in [0, 0.1) is 0 Å². The first kappa shape index (κ1) is 30.8. The Hall–Kier alpha value is -5.48. The molecule has 0 bridgehead atoms. The molecule has 5 aromatic carbocycles. The number of rotatable bonds is 4. The lowest BCUT2D eigenvalue weighted by atomic mass is 9.84. The molecule has 49 heavy (non-hydrogen) atoms. The maximum atomic E-state index is 5.44. The lowest BCUT2D eigenvalue weighted by molar-refractivity contribution is 0.590. The van der Waals surface area contributed by atoms with Crippen molar-refractivity contribution in [2.24, 2.45) is 7.05 Å². The third kappa shape index (κ3) is 5.42. The Balaban J connectivity index is 1.29. The van der Waals surface area contributed by atoms with Crippen molar-refractivity contribution in [3.8, 4) is 44.9 Å². The number of imidazole rings is 1. The summed E-state index contributed by atoms with van der Waals surface area (Å²) in [7, 11) is 2.14. The van der Waals surface area contributed by atoms with Gasteiger partial charge in [-0.2, -0.15) is 0 Å². The summed E-state index contributed by atoms with van der Waals surface area (Å²) in [4.78, 5) is 14.0. The highest BCUT2D eigenvalue weighted by Crippen LogP contribution is 2.41. The van der Waals surface area contributed by atoms with Crippen molar-refractivity contribution < 1.29 is 0 Å². The molecule has 8 rings (SSSR count). The van der Waals surface area contributed by atoms with E-state index in [0.29, 0.717) is 0 Å². The summed E-state index contributed by atoms with van der Waals surface area (Å²) >= 11 is 0. The molecule has 242 valence electrons. The molecular formula is C45H42N4. The van der Waals surface area contributed by atoms with Crippen LogP contribution in [0.25, 0.3) is 77.7 Å². The van der Waals surface area contributed by atoms with Gasteiger partial charge in [-0.15, -0.1) is 0 Å². The summed E-state index contributed by atoms with van der Waals surface area (Å²) in [5.41, 5.74) is 14.7. The number of aryl methyl sites for hydroxylation is 1. The highest BCUT2D eigenvalue weighted by molar-refractivity contribution is 6.12. The first-order valence-electron chi connectivity index (χ1n) is 17.1. The Labute approximate surface area is 288 Å². The minimum atomic E-state index is -0.0315. The third-order valence-corrected chi connectivity index (χ3v) is 9.93. The molecule has 3 heterocycles. The first-order chi connectivity index (χ1) is 23.5. The smallest absolute Gasteiger partial charge is 0.143 e. The number of nitrogens with zero attached hydrogens (tertiary/aromatic N) is 3. The average molecular weight is 639 g/mol. The van der Waals surface area contributed by atoms with Crippen LogP contribution in [0.1, 0.15) is 52.7 Å². The van der Waals surface area contributed by atoms with Crippen LogP contribution in [0.5, 0.6) is 0 Å². The molecule has 0 atom stereocenters. The van der Waals surface area contributed by atoms with Crippen molar-refractivity contribution in [2.45, 2.75) is 52.4 Å². The van der Waals surface area contributed by atoms with Gasteiger partial charge in [0.15, 0.2) is 0 Å². The van der Waals surface area contributed by atoms with Crippen LogP contribution in [-0.4, -0.2) is 19.5 Å². The van der Waals surface area contributed by atoms with Crippen LogP contribution in [0.3, 0.4) is 0 Å². The molecule has 4 nitrogen and oxygen atoms in total. The van der Waals surface area contributed by atoms with Gasteiger partial charge in [0.1, 0.15) is 5.82 Å². The van der Waals surface area contributed by atoms with E-state index in [9.17, 15) is 0 Å². The zero-order valence-electron chi connectivity index (χ0n) is 29.4. The highest BCUT2D eigenvalue weighted by Gasteiger charge is 2.23. The Morgan fingerprint density at radius 1 is 0.571 bits per heavy atom. The van der Waals surface area contributed by atoms with E-state index in [1.165, 1.54) is 27.5 Å². The standard InChI is InChI=1S/C45H42N4/c1-44(2,3)32-19-20-38-35(25-32)36-26-33(45(4,5)6)27-37(41(36)47-38)43-48-42-34(17-12-18-40(42)49(43)7)30-15-11-16-31(23-30)39-24-29(21-22-46-39)28-13-9-8-10-14-28/h8-27,47H,1-7H3. The first-order valence-corrected chi connectivity index (χ1v) is 17.1. The zero-order chi connectivity index (χ0) is 34.1. The second kappa shape index (κ2) is 11.3. The van der Waals surface area contributed by atoms with Crippen LogP contribution < -0.4 is 0 Å². The minimum absolute atomic E-state index is 0.0315. The van der Waals surface area contributed by atoms with Gasteiger partial charge in [0.2, 0.25) is 0 Å². The van der Waals surface area contributed by atoms with Gasteiger partial charge in [-0.3, -0.25) is 4.98 Å². The number of pyridine rings is 1. The van der Waals surface area contributed by atoms with Gasteiger partial charge in [-0.1, -0.05) is 108 Å². The maximum Gasteiger partial charge on any atom is 0.143 e. The summed E-state index contributed by atoms with van der Waals surface area (Å²) in [5.74, 6) is 0.953. The summed E-state index contributed by atoms with van der Waals surface area (Å²) in [6, 6.07) is 41.5. The van der Waals surface area contributed by atoms with Crippen LogP contribution >= 0.6 is 0 Å². The van der Waals surface area contributed by atoms with E-state index in [-0.39, 0.29) is 10.8 Å². The number of benzene rings is 5. The van der Waals surface area contributed by atoms with E-state index in [1.54, 1.807) is 0 Å². The molecule has 3 aromatic heterocycles. The van der Waals surface area contributed by atoms with Gasteiger partial charge < -0.3 is 9.55 Å². The van der Waals surface area contributed by atoms with Crippen molar-refractivity contribution in [1.82, 2.24) is 19.5 Å². The Morgan fingerprint density at radius 3 is 2.06 bits per heavy atom. The fraction of sp³-hybridized carbons (Fsp3) is 0.200. The number of hydrogen-bond acceptors (Lipinski definition) is 2. The average Bonchev–Trinajstić information content (AvgIpc) is 3.64. The Bertz CT molecular complexity index is 2520. The zero-order valence-corrected chi connectivity index (χ0v) is 29.4. The molecule has 0 saturated carbocycles. The topological polar surface area (TPSA) is 46.5 Å². The molecule has 8 aromatic rings. The number of para-hydroxylation sites is 1. The van der Waals surface area contributed by atoms with Gasteiger partial charge in [-0.05, 0) is 87.2 Å². The van der Waals surface area contributed by atoms with Crippen molar-refractivity contribution in [3.05, 3.63) is 133 Å². The number of hydrogen-bond donors (Lipinski definition) is 1. The van der Waals surface area contributed by atoms with Gasteiger partial charge in [-0.25, -0.2) is 4.98 Å². The van der Waals surface area contributed by atoms with E-state index in [4.69, 9.17) is 9.97 Å². The van der Waals surface area contributed by atoms with Gasteiger partial charge >= 0.3 is 0 Å². The summed E-state index contributed by atoms with van der Waals surface area (Å²) < 4.78 is 2.25. The number of nitrogens with one attached hydrogen (secondary N) is 1. The third-order valence-electron chi connectivity index (χ3n) is 9.93. The Kier molecular flexibility index (Phi) is 7.11. The lowest BCUT2D eigenvalue weighted by Crippen LogP contribution is -2.11. The molecule has 4 heteroatoms. The number of aromatic amines is 1. The van der Waals surface area contributed by atoms with Crippen molar-refractivity contribution >= 4 is 32.8 Å². The van der Waals surface area contributed by atoms with Crippen molar-refractivity contribution in [2.75, 3.05) is 0 Å². The molecule has 0 aliphatic carbocycles. The maximum absolute atomic E-state index is 5.44. The predicted molar refractivity (Wildman–Crippen MR) is 207 cm³/mol. The van der Waals surface area contributed by atoms with Crippen LogP contribution in [0.4, 0.5) is 0 Å². The molecular weight excluding hydrogens is 597 g/mol. The molecule has 0 saturated heterocycles. The van der Waals surface area contributed by atoms with Gasteiger partial charge in [0.25, 0.3) is 0 Å². The lowest BCUT2D eigenvalue weighted by Gasteiger charge is -2.21. The largest absolute Gasteiger partial charge is 0.354 e. The molecule has 0 unspecified atom stereocenters. The second-order valence-electron chi connectivity index (χ2n) is 15.4. The highest BCUT2D eigenvalue weighted by atomic mass is 15.1. The van der Waals surface area contributed by atoms with E-state index in [1.807, 2.05) is 12.3 Å². The molecule has 0 fully saturated rings. The molecule has 0 spiro atoms. The predicted octanol–water partition coefficient (Wildman–Crippen LogP) is 11.9. The van der Waals surface area contributed by atoms with Gasteiger partial charge in [0, 0.05) is 46.2 Å².